The fraction of sp³-hybridized carbons (Fsp3) is 0.167. The van der Waals surface area contributed by atoms with Gasteiger partial charge in [0.2, 0.25) is 5.91 Å². The van der Waals surface area contributed by atoms with Gasteiger partial charge in [-0.05, 0) is 61.2 Å². The van der Waals surface area contributed by atoms with E-state index in [4.69, 9.17) is 0 Å². The summed E-state index contributed by atoms with van der Waals surface area (Å²) in [5, 5.41) is 2.23. The molecular weight excluding hydrogens is 418 g/mol. The molecule has 2 aromatic rings. The topological polar surface area (TPSA) is 71.4 Å². The molecule has 1 saturated heterocycles. The molecule has 0 saturated carbocycles. The number of halogens is 1. The Morgan fingerprint density at radius 1 is 1.19 bits per heavy atom. The van der Waals surface area contributed by atoms with Crippen LogP contribution in [0.2, 0.25) is 0 Å². The predicted octanol–water partition coefficient (Wildman–Crippen LogP) is 3.77. The maximum absolute atomic E-state index is 12.5. The Morgan fingerprint density at radius 2 is 1.88 bits per heavy atom. The third kappa shape index (κ3) is 3.91. The van der Waals surface area contributed by atoms with Crippen molar-refractivity contribution in [3.05, 3.63) is 57.2 Å². The summed E-state index contributed by atoms with van der Waals surface area (Å²) in [6.07, 6.45) is 1.67. The van der Waals surface area contributed by atoms with Crippen LogP contribution in [-0.4, -0.2) is 33.1 Å². The standard InChI is InChI=1S/C18H16BrN3O3S/c1-11-3-8-14(21(11)2)9-15-17(24)22(18(25)26-15)10-16(23)20-13-6-4-12(19)5-7-13/h3-9H,10H2,1-2H3,(H,20,23)/b15-9-. The first kappa shape index (κ1) is 18.5. The van der Waals surface area contributed by atoms with Gasteiger partial charge in [-0.1, -0.05) is 15.9 Å². The number of aryl methyl sites for hydroxylation is 1. The van der Waals surface area contributed by atoms with Gasteiger partial charge in [-0.15, -0.1) is 0 Å². The summed E-state index contributed by atoms with van der Waals surface area (Å²) in [4.78, 5) is 38.1. The molecule has 3 rings (SSSR count). The van der Waals surface area contributed by atoms with E-state index in [0.29, 0.717) is 10.6 Å². The van der Waals surface area contributed by atoms with Crippen molar-refractivity contribution in [1.29, 1.82) is 0 Å². The monoisotopic (exact) mass is 433 g/mol. The lowest BCUT2D eigenvalue weighted by Gasteiger charge is -2.12. The highest BCUT2D eigenvalue weighted by molar-refractivity contribution is 9.10. The van der Waals surface area contributed by atoms with E-state index in [2.05, 4.69) is 21.2 Å². The molecule has 1 fully saturated rings. The predicted molar refractivity (Wildman–Crippen MR) is 106 cm³/mol. The Balaban J connectivity index is 1.70. The molecule has 3 amide bonds. The van der Waals surface area contributed by atoms with Crippen LogP contribution in [0.5, 0.6) is 0 Å². The minimum Gasteiger partial charge on any atom is -0.348 e. The summed E-state index contributed by atoms with van der Waals surface area (Å²) in [7, 11) is 1.89. The minimum atomic E-state index is -0.454. The van der Waals surface area contributed by atoms with E-state index in [1.807, 2.05) is 30.7 Å². The summed E-state index contributed by atoms with van der Waals surface area (Å²) in [6.45, 7) is 1.64. The zero-order chi connectivity index (χ0) is 18.8. The van der Waals surface area contributed by atoms with Crippen molar-refractivity contribution in [2.24, 2.45) is 7.05 Å². The quantitative estimate of drug-likeness (QED) is 0.744. The average Bonchev–Trinajstić information content (AvgIpc) is 3.05. The maximum Gasteiger partial charge on any atom is 0.294 e. The number of thioether (sulfide) groups is 1. The lowest BCUT2D eigenvalue weighted by Crippen LogP contribution is -2.36. The van der Waals surface area contributed by atoms with E-state index >= 15 is 0 Å². The summed E-state index contributed by atoms with van der Waals surface area (Å²) in [5.74, 6) is -0.879. The molecule has 1 N–H and O–H groups in total. The van der Waals surface area contributed by atoms with Crippen LogP contribution >= 0.6 is 27.7 Å². The number of hydrogen-bond acceptors (Lipinski definition) is 4. The summed E-state index contributed by atoms with van der Waals surface area (Å²) >= 11 is 4.16. The van der Waals surface area contributed by atoms with E-state index in [1.54, 1.807) is 30.3 Å². The number of carbonyl (C=O) groups is 3. The largest absolute Gasteiger partial charge is 0.348 e. The van der Waals surface area contributed by atoms with Gasteiger partial charge in [0.1, 0.15) is 6.54 Å². The SMILES string of the molecule is Cc1ccc(/C=C2\SC(=O)N(CC(=O)Nc3ccc(Br)cc3)C2=O)n1C. The number of carbonyl (C=O) groups excluding carboxylic acids is 3. The molecule has 2 heterocycles. The molecule has 1 aromatic carbocycles. The smallest absolute Gasteiger partial charge is 0.294 e. The lowest BCUT2D eigenvalue weighted by atomic mass is 10.3. The van der Waals surface area contributed by atoms with Gasteiger partial charge in [-0.25, -0.2) is 0 Å². The third-order valence-corrected chi connectivity index (χ3v) is 5.43. The third-order valence-electron chi connectivity index (χ3n) is 3.99. The number of benzene rings is 1. The molecule has 134 valence electrons. The highest BCUT2D eigenvalue weighted by atomic mass is 79.9. The molecule has 1 aliphatic rings. The molecule has 0 atom stereocenters. The fourth-order valence-electron chi connectivity index (χ4n) is 2.43. The Kier molecular flexibility index (Phi) is 5.33. The van der Waals surface area contributed by atoms with Crippen LogP contribution in [0.15, 0.2) is 45.8 Å². The number of imide groups is 1. The molecule has 0 spiro atoms. The first-order valence-corrected chi connectivity index (χ1v) is 9.39. The molecule has 8 heteroatoms. The molecule has 1 aliphatic heterocycles. The molecule has 0 radical (unpaired) electrons. The van der Waals surface area contributed by atoms with E-state index in [0.717, 1.165) is 32.5 Å². The molecule has 1 aromatic heterocycles. The Morgan fingerprint density at radius 3 is 2.50 bits per heavy atom. The molecule has 0 unspecified atom stereocenters. The first-order valence-electron chi connectivity index (χ1n) is 7.78. The zero-order valence-electron chi connectivity index (χ0n) is 14.2. The normalized spacial score (nSPS) is 15.8. The van der Waals surface area contributed by atoms with E-state index < -0.39 is 17.1 Å². The van der Waals surface area contributed by atoms with Crippen molar-refractivity contribution in [2.45, 2.75) is 6.92 Å². The summed E-state index contributed by atoms with van der Waals surface area (Å²) in [6, 6.07) is 10.9. The zero-order valence-corrected chi connectivity index (χ0v) is 16.6. The summed E-state index contributed by atoms with van der Waals surface area (Å²) < 4.78 is 2.82. The molecular formula is C18H16BrN3O3S. The van der Waals surface area contributed by atoms with Crippen LogP contribution in [0.4, 0.5) is 10.5 Å². The number of anilines is 1. The Bertz CT molecular complexity index is 918. The van der Waals surface area contributed by atoms with Crippen molar-refractivity contribution in [3.63, 3.8) is 0 Å². The number of aromatic nitrogens is 1. The molecule has 6 nitrogen and oxygen atoms in total. The van der Waals surface area contributed by atoms with Gasteiger partial charge < -0.3 is 9.88 Å². The van der Waals surface area contributed by atoms with Gasteiger partial charge >= 0.3 is 0 Å². The van der Waals surface area contributed by atoms with Gasteiger partial charge in [0.15, 0.2) is 0 Å². The van der Waals surface area contributed by atoms with Crippen LogP contribution in [-0.2, 0) is 16.6 Å². The van der Waals surface area contributed by atoms with Crippen molar-refractivity contribution in [3.8, 4) is 0 Å². The second-order valence-corrected chi connectivity index (χ2v) is 7.69. The molecule has 0 aliphatic carbocycles. The van der Waals surface area contributed by atoms with E-state index in [-0.39, 0.29) is 6.54 Å². The Hall–Kier alpha value is -2.32. The van der Waals surface area contributed by atoms with Crippen LogP contribution in [0, 0.1) is 6.92 Å². The van der Waals surface area contributed by atoms with E-state index in [9.17, 15) is 14.4 Å². The fourth-order valence-corrected chi connectivity index (χ4v) is 3.51. The van der Waals surface area contributed by atoms with Crippen molar-refractivity contribution in [2.75, 3.05) is 11.9 Å². The number of hydrogen-bond donors (Lipinski definition) is 1. The highest BCUT2D eigenvalue weighted by Crippen LogP contribution is 2.32. The van der Waals surface area contributed by atoms with Crippen molar-refractivity contribution < 1.29 is 14.4 Å². The van der Waals surface area contributed by atoms with Crippen LogP contribution in [0.3, 0.4) is 0 Å². The minimum absolute atomic E-state index is 0.313. The number of amides is 3. The Labute approximate surface area is 163 Å². The lowest BCUT2D eigenvalue weighted by molar-refractivity contribution is -0.127. The van der Waals surface area contributed by atoms with Gasteiger partial charge in [0.25, 0.3) is 11.1 Å². The van der Waals surface area contributed by atoms with Crippen molar-refractivity contribution >= 4 is 56.5 Å². The van der Waals surface area contributed by atoms with E-state index in [1.165, 1.54) is 0 Å². The summed E-state index contributed by atoms with van der Waals surface area (Å²) in [5.41, 5.74) is 2.47. The number of nitrogens with zero attached hydrogens (tertiary/aromatic N) is 2. The van der Waals surface area contributed by atoms with Crippen LogP contribution in [0.1, 0.15) is 11.4 Å². The molecule has 0 bridgehead atoms. The second kappa shape index (κ2) is 7.51. The van der Waals surface area contributed by atoms with Gasteiger partial charge in [-0.2, -0.15) is 0 Å². The molecule has 26 heavy (non-hydrogen) atoms. The average molecular weight is 434 g/mol. The number of nitrogens with one attached hydrogen (secondary N) is 1. The van der Waals surface area contributed by atoms with Gasteiger partial charge in [-0.3, -0.25) is 19.3 Å². The maximum atomic E-state index is 12.5. The van der Waals surface area contributed by atoms with Crippen LogP contribution < -0.4 is 5.32 Å². The first-order chi connectivity index (χ1) is 12.3. The number of rotatable bonds is 4. The van der Waals surface area contributed by atoms with Gasteiger partial charge in [0, 0.05) is 28.6 Å². The van der Waals surface area contributed by atoms with Crippen LogP contribution in [0.25, 0.3) is 6.08 Å². The van der Waals surface area contributed by atoms with Gasteiger partial charge in [0.05, 0.1) is 4.91 Å². The highest BCUT2D eigenvalue weighted by Gasteiger charge is 2.36. The second-order valence-electron chi connectivity index (χ2n) is 5.78. The van der Waals surface area contributed by atoms with Crippen molar-refractivity contribution in [1.82, 2.24) is 9.47 Å².